The van der Waals surface area contributed by atoms with Gasteiger partial charge in [-0.1, -0.05) is 48.1 Å². The number of hydrogen-bond acceptors (Lipinski definition) is 2. The Kier molecular flexibility index (Phi) is 4.63. The van der Waals surface area contributed by atoms with Crippen molar-refractivity contribution in [3.05, 3.63) is 63.7 Å². The monoisotopic (exact) mass is 305 g/mol. The molecule has 0 aliphatic heterocycles. The van der Waals surface area contributed by atoms with Crippen molar-refractivity contribution in [1.29, 1.82) is 0 Å². The average Bonchev–Trinajstić information content (AvgIpc) is 2.38. The Morgan fingerprint density at radius 3 is 2.20 bits per heavy atom. The van der Waals surface area contributed by atoms with Gasteiger partial charge in [-0.05, 0) is 42.7 Å². The maximum absolute atomic E-state index is 6.01. The topological polar surface area (TPSA) is 35.2 Å². The molecule has 0 amide bonds. The summed E-state index contributed by atoms with van der Waals surface area (Å²) in [6, 6.07) is 11.6. The highest BCUT2D eigenvalue weighted by Gasteiger charge is 2.06. The fourth-order valence-electron chi connectivity index (χ4n) is 2.05. The molecule has 0 saturated heterocycles. The highest BCUT2D eigenvalue weighted by molar-refractivity contribution is 7.80. The molecule has 4 heteroatoms. The van der Waals surface area contributed by atoms with Gasteiger partial charge in [0.15, 0.2) is 0 Å². The van der Waals surface area contributed by atoms with Crippen LogP contribution in [0.2, 0.25) is 5.02 Å². The van der Waals surface area contributed by atoms with E-state index in [1.54, 1.807) is 0 Å². The Morgan fingerprint density at radius 1 is 1.15 bits per heavy atom. The van der Waals surface area contributed by atoms with Crippen molar-refractivity contribution < 1.29 is 4.74 Å². The van der Waals surface area contributed by atoms with Crippen LogP contribution >= 0.6 is 23.8 Å². The smallest absolute Gasteiger partial charge is 0.125 e. The number of ether oxygens (including phenoxy) is 1. The molecule has 0 fully saturated rings. The fraction of sp³-hybridized carbons (Fsp3) is 0.188. The zero-order chi connectivity index (χ0) is 14.7. The van der Waals surface area contributed by atoms with Crippen molar-refractivity contribution in [1.82, 2.24) is 0 Å². The molecule has 0 aliphatic rings. The van der Waals surface area contributed by atoms with Crippen molar-refractivity contribution in [2.24, 2.45) is 5.73 Å². The number of hydrogen-bond donors (Lipinski definition) is 1. The first-order chi connectivity index (χ1) is 9.47. The third-order valence-corrected chi connectivity index (χ3v) is 3.50. The van der Waals surface area contributed by atoms with Crippen LogP contribution in [0.4, 0.5) is 0 Å². The first kappa shape index (κ1) is 14.8. The summed E-state index contributed by atoms with van der Waals surface area (Å²) in [5.74, 6) is 0.882. The van der Waals surface area contributed by atoms with E-state index in [-0.39, 0.29) is 0 Å². The van der Waals surface area contributed by atoms with Crippen LogP contribution in [0, 0.1) is 13.8 Å². The molecule has 2 N–H and O–H groups in total. The van der Waals surface area contributed by atoms with Gasteiger partial charge in [0, 0.05) is 10.6 Å². The van der Waals surface area contributed by atoms with E-state index in [1.165, 1.54) is 0 Å². The molecule has 0 aliphatic carbocycles. The van der Waals surface area contributed by atoms with Gasteiger partial charge in [-0.15, -0.1) is 0 Å². The van der Waals surface area contributed by atoms with Crippen LogP contribution in [-0.2, 0) is 6.61 Å². The van der Waals surface area contributed by atoms with E-state index in [1.807, 2.05) is 50.2 Å². The number of benzene rings is 2. The lowest BCUT2D eigenvalue weighted by molar-refractivity contribution is 0.302. The van der Waals surface area contributed by atoms with Crippen LogP contribution in [0.3, 0.4) is 0 Å². The van der Waals surface area contributed by atoms with Crippen molar-refractivity contribution in [2.75, 3.05) is 0 Å². The lowest BCUT2D eigenvalue weighted by Crippen LogP contribution is -2.09. The maximum atomic E-state index is 6.01. The molecule has 20 heavy (non-hydrogen) atoms. The predicted octanol–water partition coefficient (Wildman–Crippen LogP) is 4.17. The van der Waals surface area contributed by atoms with Gasteiger partial charge in [-0.3, -0.25) is 0 Å². The van der Waals surface area contributed by atoms with E-state index >= 15 is 0 Å². The van der Waals surface area contributed by atoms with E-state index in [4.69, 9.17) is 34.3 Å². The highest BCUT2D eigenvalue weighted by Crippen LogP contribution is 2.27. The van der Waals surface area contributed by atoms with Crippen LogP contribution < -0.4 is 10.5 Å². The SMILES string of the molecule is Cc1cc(Cl)cc(C)c1OCc1ccc(C(N)=S)cc1. The predicted molar refractivity (Wildman–Crippen MR) is 87.6 cm³/mol. The number of nitrogens with two attached hydrogens (primary N) is 1. The molecule has 2 aromatic rings. The number of halogens is 1. The molecule has 0 spiro atoms. The Bertz CT molecular complexity index is 614. The number of aryl methyl sites for hydroxylation is 2. The van der Waals surface area contributed by atoms with Crippen LogP contribution in [0.1, 0.15) is 22.3 Å². The van der Waals surface area contributed by atoms with Crippen molar-refractivity contribution in [3.8, 4) is 5.75 Å². The number of rotatable bonds is 4. The molecule has 0 aromatic heterocycles. The molecular formula is C16H16ClNOS. The van der Waals surface area contributed by atoms with E-state index in [0.29, 0.717) is 11.6 Å². The van der Waals surface area contributed by atoms with Crippen molar-refractivity contribution in [3.63, 3.8) is 0 Å². The summed E-state index contributed by atoms with van der Waals surface area (Å²) in [4.78, 5) is 0.404. The Hall–Kier alpha value is -1.58. The normalized spacial score (nSPS) is 10.3. The lowest BCUT2D eigenvalue weighted by atomic mass is 10.1. The standard InChI is InChI=1S/C16H16ClNOS/c1-10-7-14(17)8-11(2)15(10)19-9-12-3-5-13(6-4-12)16(18)20/h3-8H,9H2,1-2H3,(H2,18,20). The summed E-state index contributed by atoms with van der Waals surface area (Å²) in [5, 5.41) is 0.730. The Labute approximate surface area is 129 Å². The maximum Gasteiger partial charge on any atom is 0.125 e. The van der Waals surface area contributed by atoms with Gasteiger partial charge in [-0.25, -0.2) is 0 Å². The van der Waals surface area contributed by atoms with E-state index in [0.717, 1.165) is 33.0 Å². The molecule has 0 unspecified atom stereocenters. The van der Waals surface area contributed by atoms with E-state index in [9.17, 15) is 0 Å². The summed E-state index contributed by atoms with van der Waals surface area (Å²) in [6.07, 6.45) is 0. The fourth-order valence-corrected chi connectivity index (χ4v) is 2.51. The average molecular weight is 306 g/mol. The minimum Gasteiger partial charge on any atom is -0.488 e. The molecule has 0 atom stereocenters. The summed E-state index contributed by atoms with van der Waals surface area (Å²) >= 11 is 10.9. The minimum atomic E-state index is 0.404. The minimum absolute atomic E-state index is 0.404. The van der Waals surface area contributed by atoms with Gasteiger partial charge < -0.3 is 10.5 Å². The van der Waals surface area contributed by atoms with Crippen LogP contribution in [0.5, 0.6) is 5.75 Å². The summed E-state index contributed by atoms with van der Waals surface area (Å²) < 4.78 is 5.89. The third-order valence-electron chi connectivity index (χ3n) is 3.05. The molecule has 2 aromatic carbocycles. The van der Waals surface area contributed by atoms with Gasteiger partial charge in [0.1, 0.15) is 17.3 Å². The van der Waals surface area contributed by atoms with E-state index < -0.39 is 0 Å². The van der Waals surface area contributed by atoms with Gasteiger partial charge in [0.25, 0.3) is 0 Å². The summed E-state index contributed by atoms with van der Waals surface area (Å²) in [7, 11) is 0. The van der Waals surface area contributed by atoms with Gasteiger partial charge in [0.2, 0.25) is 0 Å². The third kappa shape index (κ3) is 3.50. The second-order valence-electron chi connectivity index (χ2n) is 4.72. The second-order valence-corrected chi connectivity index (χ2v) is 5.59. The molecule has 0 saturated carbocycles. The largest absolute Gasteiger partial charge is 0.488 e. The van der Waals surface area contributed by atoms with Crippen LogP contribution in [0.25, 0.3) is 0 Å². The molecule has 0 bridgehead atoms. The van der Waals surface area contributed by atoms with Crippen molar-refractivity contribution >= 4 is 28.8 Å². The van der Waals surface area contributed by atoms with Crippen LogP contribution in [0.15, 0.2) is 36.4 Å². The quantitative estimate of drug-likeness (QED) is 0.861. The summed E-state index contributed by atoms with van der Waals surface area (Å²) in [6.45, 7) is 4.48. The Balaban J connectivity index is 2.11. The molecule has 2 nitrogen and oxygen atoms in total. The van der Waals surface area contributed by atoms with Gasteiger partial charge in [0.05, 0.1) is 0 Å². The number of thiocarbonyl (C=S) groups is 1. The molecule has 104 valence electrons. The molecule has 0 heterocycles. The first-order valence-electron chi connectivity index (χ1n) is 6.25. The highest BCUT2D eigenvalue weighted by atomic mass is 35.5. The molecule has 2 rings (SSSR count). The van der Waals surface area contributed by atoms with Gasteiger partial charge in [-0.2, -0.15) is 0 Å². The molecular weight excluding hydrogens is 290 g/mol. The van der Waals surface area contributed by atoms with Crippen molar-refractivity contribution in [2.45, 2.75) is 20.5 Å². The zero-order valence-electron chi connectivity index (χ0n) is 11.4. The lowest BCUT2D eigenvalue weighted by Gasteiger charge is -2.13. The van der Waals surface area contributed by atoms with Gasteiger partial charge >= 0.3 is 0 Å². The second kappa shape index (κ2) is 6.25. The summed E-state index contributed by atoms with van der Waals surface area (Å²) in [5.41, 5.74) is 9.58. The zero-order valence-corrected chi connectivity index (χ0v) is 13.0. The van der Waals surface area contributed by atoms with E-state index in [2.05, 4.69) is 0 Å². The first-order valence-corrected chi connectivity index (χ1v) is 7.04. The molecule has 0 radical (unpaired) electrons. The Morgan fingerprint density at radius 2 is 1.70 bits per heavy atom. The van der Waals surface area contributed by atoms with Crippen LogP contribution in [-0.4, -0.2) is 4.99 Å².